The minimum absolute atomic E-state index is 0.542. The van der Waals surface area contributed by atoms with E-state index in [0.717, 1.165) is 44.3 Å². The van der Waals surface area contributed by atoms with Gasteiger partial charge in [0.1, 0.15) is 5.71 Å². The largest absolute Gasteiger partial charge is 0.315 e. The van der Waals surface area contributed by atoms with Crippen LogP contribution < -0.4 is 0 Å². The molecule has 2 aromatic carbocycles. The molecule has 4 heteroatoms. The molecule has 0 fully saturated rings. The Balaban J connectivity index is 1.73. The van der Waals surface area contributed by atoms with Crippen molar-refractivity contribution in [2.24, 2.45) is 4.99 Å². The van der Waals surface area contributed by atoms with Crippen LogP contribution >= 0.6 is 11.6 Å². The van der Waals surface area contributed by atoms with E-state index in [0.29, 0.717) is 6.54 Å². The Morgan fingerprint density at radius 2 is 1.80 bits per heavy atom. The maximum Gasteiger partial charge on any atom is 0.107 e. The highest BCUT2D eigenvalue weighted by atomic mass is 35.5. The first-order valence-corrected chi connectivity index (χ1v) is 8.55. The van der Waals surface area contributed by atoms with Crippen molar-refractivity contribution in [1.29, 1.82) is 0 Å². The molecular formula is C21H14ClN3. The summed E-state index contributed by atoms with van der Waals surface area (Å²) in [6.45, 7) is 0.542. The van der Waals surface area contributed by atoms with Crippen LogP contribution in [0.1, 0.15) is 17.0 Å². The first-order chi connectivity index (χ1) is 12.3. The van der Waals surface area contributed by atoms with Gasteiger partial charge in [-0.05, 0) is 36.4 Å². The maximum atomic E-state index is 6.42. The van der Waals surface area contributed by atoms with E-state index in [9.17, 15) is 0 Å². The molecule has 3 heterocycles. The lowest BCUT2D eigenvalue weighted by atomic mass is 10.1. The second-order valence-corrected chi connectivity index (χ2v) is 6.46. The van der Waals surface area contributed by atoms with Gasteiger partial charge in [0.15, 0.2) is 0 Å². The van der Waals surface area contributed by atoms with Gasteiger partial charge in [-0.15, -0.1) is 0 Å². The van der Waals surface area contributed by atoms with Crippen LogP contribution in [0.25, 0.3) is 16.6 Å². The van der Waals surface area contributed by atoms with E-state index in [4.69, 9.17) is 21.6 Å². The Labute approximate surface area is 150 Å². The van der Waals surface area contributed by atoms with Gasteiger partial charge in [0.05, 0.1) is 29.1 Å². The van der Waals surface area contributed by atoms with E-state index in [2.05, 4.69) is 28.8 Å². The molecule has 0 bridgehead atoms. The van der Waals surface area contributed by atoms with Gasteiger partial charge in [-0.1, -0.05) is 41.9 Å². The van der Waals surface area contributed by atoms with E-state index < -0.39 is 0 Å². The van der Waals surface area contributed by atoms with E-state index >= 15 is 0 Å². The average Bonchev–Trinajstić information content (AvgIpc) is 3.06. The van der Waals surface area contributed by atoms with Gasteiger partial charge in [0, 0.05) is 22.2 Å². The summed E-state index contributed by atoms with van der Waals surface area (Å²) in [6.07, 6.45) is 2.05. The van der Waals surface area contributed by atoms with Gasteiger partial charge in [0.2, 0.25) is 0 Å². The Morgan fingerprint density at radius 1 is 0.880 bits per heavy atom. The fourth-order valence-electron chi connectivity index (χ4n) is 3.36. The summed E-state index contributed by atoms with van der Waals surface area (Å²) in [4.78, 5) is 9.69. The molecule has 0 radical (unpaired) electrons. The van der Waals surface area contributed by atoms with Crippen molar-refractivity contribution in [2.75, 3.05) is 0 Å². The Kier molecular flexibility index (Phi) is 3.22. The number of para-hydroxylation sites is 1. The lowest BCUT2D eigenvalue weighted by Crippen LogP contribution is -2.10. The predicted molar refractivity (Wildman–Crippen MR) is 102 cm³/mol. The summed E-state index contributed by atoms with van der Waals surface area (Å²) in [7, 11) is 0. The number of halogens is 1. The molecule has 1 aliphatic rings. The zero-order valence-electron chi connectivity index (χ0n) is 13.4. The fraction of sp³-hybridized carbons (Fsp3) is 0.0476. The number of aromatic nitrogens is 2. The lowest BCUT2D eigenvalue weighted by molar-refractivity contribution is 1.02. The van der Waals surface area contributed by atoms with Gasteiger partial charge in [-0.25, -0.2) is 4.98 Å². The Morgan fingerprint density at radius 3 is 2.76 bits per heavy atom. The minimum atomic E-state index is 0.542. The maximum absolute atomic E-state index is 6.42. The molecule has 0 unspecified atom stereocenters. The quantitative estimate of drug-likeness (QED) is 0.476. The number of aliphatic imine (C=N–C) groups is 1. The smallest absolute Gasteiger partial charge is 0.107 e. The van der Waals surface area contributed by atoms with Crippen molar-refractivity contribution in [3.63, 3.8) is 0 Å². The molecule has 1 aliphatic heterocycles. The summed E-state index contributed by atoms with van der Waals surface area (Å²) in [5.41, 5.74) is 5.89. The molecule has 0 saturated carbocycles. The zero-order valence-corrected chi connectivity index (χ0v) is 14.1. The molecule has 3 nitrogen and oxygen atoms in total. The van der Waals surface area contributed by atoms with Crippen LogP contribution in [0.5, 0.6) is 0 Å². The second kappa shape index (κ2) is 5.57. The van der Waals surface area contributed by atoms with Crippen LogP contribution in [-0.4, -0.2) is 15.3 Å². The van der Waals surface area contributed by atoms with Crippen molar-refractivity contribution in [3.8, 4) is 5.69 Å². The zero-order chi connectivity index (χ0) is 16.8. The highest BCUT2D eigenvalue weighted by molar-refractivity contribution is 6.31. The highest BCUT2D eigenvalue weighted by Gasteiger charge is 2.20. The summed E-state index contributed by atoms with van der Waals surface area (Å²) in [5, 5.41) is 1.87. The van der Waals surface area contributed by atoms with Crippen LogP contribution in [0.4, 0.5) is 0 Å². The van der Waals surface area contributed by atoms with Gasteiger partial charge in [-0.2, -0.15) is 0 Å². The molecule has 0 N–H and O–H groups in total. The SMILES string of the molecule is Clc1cccc2c1CN=C(c1ccc3ccccc3n1)c1cccn1-2. The molecule has 0 spiro atoms. The van der Waals surface area contributed by atoms with E-state index in [1.165, 1.54) is 0 Å². The molecule has 0 amide bonds. The molecule has 0 atom stereocenters. The average molecular weight is 344 g/mol. The molecule has 25 heavy (non-hydrogen) atoms. The predicted octanol–water partition coefficient (Wildman–Crippen LogP) is 5.03. The molecule has 120 valence electrons. The van der Waals surface area contributed by atoms with Crippen molar-refractivity contribution < 1.29 is 0 Å². The van der Waals surface area contributed by atoms with Crippen LogP contribution in [0.15, 0.2) is 77.9 Å². The van der Waals surface area contributed by atoms with Crippen LogP contribution in [0.2, 0.25) is 5.02 Å². The molecule has 4 aromatic rings. The number of nitrogens with zero attached hydrogens (tertiary/aromatic N) is 3. The second-order valence-electron chi connectivity index (χ2n) is 6.05. The van der Waals surface area contributed by atoms with Crippen molar-refractivity contribution in [3.05, 3.63) is 94.9 Å². The van der Waals surface area contributed by atoms with E-state index in [-0.39, 0.29) is 0 Å². The number of fused-ring (bicyclic) bond motifs is 4. The number of hydrogen-bond acceptors (Lipinski definition) is 2. The van der Waals surface area contributed by atoms with Crippen molar-refractivity contribution in [2.45, 2.75) is 6.54 Å². The third-order valence-electron chi connectivity index (χ3n) is 4.58. The first kappa shape index (κ1) is 14.4. The number of rotatable bonds is 1. The Bertz CT molecular complexity index is 1140. The minimum Gasteiger partial charge on any atom is -0.315 e. The van der Waals surface area contributed by atoms with Gasteiger partial charge < -0.3 is 4.57 Å². The van der Waals surface area contributed by atoms with Gasteiger partial charge in [0.25, 0.3) is 0 Å². The topological polar surface area (TPSA) is 30.2 Å². The lowest BCUT2D eigenvalue weighted by Gasteiger charge is -2.11. The first-order valence-electron chi connectivity index (χ1n) is 8.17. The van der Waals surface area contributed by atoms with E-state index in [1.807, 2.05) is 48.7 Å². The number of benzene rings is 2. The molecule has 0 saturated heterocycles. The normalized spacial score (nSPS) is 13.1. The standard InChI is InChI=1S/C21H14ClN3/c22-16-6-3-8-19-15(16)13-23-21(20-9-4-12-25(19)20)18-11-10-14-5-1-2-7-17(14)24-18/h1-12H,13H2. The molecule has 5 rings (SSSR count). The number of pyridine rings is 1. The Hall–Kier alpha value is -2.91. The van der Waals surface area contributed by atoms with Gasteiger partial charge in [-0.3, -0.25) is 4.99 Å². The van der Waals surface area contributed by atoms with Crippen molar-refractivity contribution >= 4 is 28.2 Å². The van der Waals surface area contributed by atoms with Crippen molar-refractivity contribution in [1.82, 2.24) is 9.55 Å². The summed E-state index contributed by atoms with van der Waals surface area (Å²) >= 11 is 6.42. The van der Waals surface area contributed by atoms with Crippen LogP contribution in [0, 0.1) is 0 Å². The number of hydrogen-bond donors (Lipinski definition) is 0. The van der Waals surface area contributed by atoms with Crippen LogP contribution in [-0.2, 0) is 6.54 Å². The summed E-state index contributed by atoms with van der Waals surface area (Å²) in [6, 6.07) is 22.3. The highest BCUT2D eigenvalue weighted by Crippen LogP contribution is 2.29. The fourth-order valence-corrected chi connectivity index (χ4v) is 3.59. The third-order valence-corrected chi connectivity index (χ3v) is 4.94. The monoisotopic (exact) mass is 343 g/mol. The summed E-state index contributed by atoms with van der Waals surface area (Å²) in [5.74, 6) is 0. The molecule has 0 aliphatic carbocycles. The summed E-state index contributed by atoms with van der Waals surface area (Å²) < 4.78 is 2.14. The van der Waals surface area contributed by atoms with E-state index in [1.54, 1.807) is 0 Å². The molecular weight excluding hydrogens is 330 g/mol. The van der Waals surface area contributed by atoms with Gasteiger partial charge >= 0.3 is 0 Å². The molecule has 2 aromatic heterocycles. The van der Waals surface area contributed by atoms with Crippen LogP contribution in [0.3, 0.4) is 0 Å². The third kappa shape index (κ3) is 2.28.